The Bertz CT molecular complexity index is 471. The number of carboxylic acid groups (broad SMARTS) is 1. The highest BCUT2D eigenvalue weighted by atomic mass is 16.4. The molecular formula is C12H15NO4. The van der Waals surface area contributed by atoms with E-state index in [1.165, 1.54) is 13.8 Å². The Balaban J connectivity index is 2.62. The minimum Gasteiger partial charge on any atom is -0.478 e. The minimum atomic E-state index is -1.09. The lowest BCUT2D eigenvalue weighted by Gasteiger charge is -2.05. The highest BCUT2D eigenvalue weighted by Crippen LogP contribution is 2.07. The van der Waals surface area contributed by atoms with Gasteiger partial charge in [-0.1, -0.05) is 0 Å². The lowest BCUT2D eigenvalue weighted by Crippen LogP contribution is -2.24. The largest absolute Gasteiger partial charge is 0.478 e. The van der Waals surface area contributed by atoms with Crippen LogP contribution >= 0.6 is 0 Å². The van der Waals surface area contributed by atoms with Gasteiger partial charge in [-0.25, -0.2) is 4.79 Å². The van der Waals surface area contributed by atoms with E-state index < -0.39 is 11.9 Å². The number of amides is 1. The molecule has 0 spiro atoms. The predicted octanol–water partition coefficient (Wildman–Crippen LogP) is 1.63. The Morgan fingerprint density at radius 1 is 1.29 bits per heavy atom. The summed E-state index contributed by atoms with van der Waals surface area (Å²) in [6.45, 7) is 4.93. The molecule has 0 radical (unpaired) electrons. The highest BCUT2D eigenvalue weighted by Gasteiger charge is 2.12. The van der Waals surface area contributed by atoms with E-state index in [9.17, 15) is 9.59 Å². The van der Waals surface area contributed by atoms with Gasteiger partial charge in [-0.05, 0) is 32.9 Å². The van der Waals surface area contributed by atoms with Crippen molar-refractivity contribution in [2.75, 3.05) is 0 Å². The van der Waals surface area contributed by atoms with Gasteiger partial charge in [0.2, 0.25) is 5.91 Å². The molecule has 17 heavy (non-hydrogen) atoms. The summed E-state index contributed by atoms with van der Waals surface area (Å²) in [6.07, 6.45) is 0. The molecule has 0 saturated heterocycles. The van der Waals surface area contributed by atoms with Gasteiger partial charge in [-0.15, -0.1) is 0 Å². The molecule has 1 aromatic heterocycles. The van der Waals surface area contributed by atoms with Crippen molar-refractivity contribution in [3.05, 3.63) is 34.8 Å². The van der Waals surface area contributed by atoms with Crippen molar-refractivity contribution in [2.24, 2.45) is 0 Å². The number of carbonyl (C=O) groups excluding carboxylic acids is 1. The van der Waals surface area contributed by atoms with Crippen LogP contribution in [0.25, 0.3) is 0 Å². The van der Waals surface area contributed by atoms with Crippen LogP contribution in [0.15, 0.2) is 27.7 Å². The molecule has 0 aromatic carbocycles. The van der Waals surface area contributed by atoms with E-state index in [-0.39, 0.29) is 17.7 Å². The van der Waals surface area contributed by atoms with Crippen molar-refractivity contribution < 1.29 is 19.1 Å². The molecule has 5 heteroatoms. The molecule has 0 fully saturated rings. The number of nitrogens with one attached hydrogen (secondary N) is 1. The second-order valence-corrected chi connectivity index (χ2v) is 3.75. The van der Waals surface area contributed by atoms with E-state index in [0.717, 1.165) is 5.76 Å². The van der Waals surface area contributed by atoms with E-state index in [1.54, 1.807) is 12.1 Å². The average molecular weight is 237 g/mol. The van der Waals surface area contributed by atoms with Gasteiger partial charge in [0.05, 0.1) is 6.54 Å². The Kier molecular flexibility index (Phi) is 4.09. The molecule has 0 saturated carbocycles. The van der Waals surface area contributed by atoms with Crippen molar-refractivity contribution in [1.82, 2.24) is 5.32 Å². The third-order valence-corrected chi connectivity index (χ3v) is 2.44. The summed E-state index contributed by atoms with van der Waals surface area (Å²) in [7, 11) is 0. The third kappa shape index (κ3) is 3.48. The fourth-order valence-electron chi connectivity index (χ4n) is 1.21. The minimum absolute atomic E-state index is 0.0399. The third-order valence-electron chi connectivity index (χ3n) is 2.44. The van der Waals surface area contributed by atoms with Crippen molar-refractivity contribution in [3.8, 4) is 0 Å². The van der Waals surface area contributed by atoms with Crippen LogP contribution in [0.3, 0.4) is 0 Å². The number of rotatable bonds is 4. The zero-order valence-corrected chi connectivity index (χ0v) is 10.0. The molecule has 92 valence electrons. The van der Waals surface area contributed by atoms with E-state index in [4.69, 9.17) is 9.52 Å². The van der Waals surface area contributed by atoms with Crippen LogP contribution in [0.4, 0.5) is 0 Å². The van der Waals surface area contributed by atoms with E-state index >= 15 is 0 Å². The van der Waals surface area contributed by atoms with Crippen molar-refractivity contribution in [2.45, 2.75) is 27.3 Å². The summed E-state index contributed by atoms with van der Waals surface area (Å²) in [4.78, 5) is 22.3. The summed E-state index contributed by atoms with van der Waals surface area (Å²) in [6, 6.07) is 3.56. The first kappa shape index (κ1) is 13.0. The Morgan fingerprint density at radius 3 is 2.41 bits per heavy atom. The summed E-state index contributed by atoms with van der Waals surface area (Å²) in [5, 5.41) is 11.3. The quantitative estimate of drug-likeness (QED) is 0.780. The second-order valence-electron chi connectivity index (χ2n) is 3.75. The maximum atomic E-state index is 11.6. The van der Waals surface area contributed by atoms with Crippen molar-refractivity contribution in [3.63, 3.8) is 0 Å². The van der Waals surface area contributed by atoms with Gasteiger partial charge in [-0.2, -0.15) is 0 Å². The van der Waals surface area contributed by atoms with Crippen LogP contribution in [-0.2, 0) is 16.1 Å². The van der Waals surface area contributed by atoms with Gasteiger partial charge in [-0.3, -0.25) is 4.79 Å². The number of hydrogen-bond acceptors (Lipinski definition) is 3. The summed E-state index contributed by atoms with van der Waals surface area (Å²) >= 11 is 0. The van der Waals surface area contributed by atoms with Crippen LogP contribution in [0, 0.1) is 6.92 Å². The van der Waals surface area contributed by atoms with E-state index in [2.05, 4.69) is 5.32 Å². The first-order chi connectivity index (χ1) is 7.91. The van der Waals surface area contributed by atoms with E-state index in [0.29, 0.717) is 5.76 Å². The molecule has 0 unspecified atom stereocenters. The predicted molar refractivity (Wildman–Crippen MR) is 61.3 cm³/mol. The second kappa shape index (κ2) is 5.34. The number of carboxylic acids is 1. The van der Waals surface area contributed by atoms with E-state index in [1.807, 2.05) is 6.92 Å². The summed E-state index contributed by atoms with van der Waals surface area (Å²) in [5.41, 5.74) is 0.235. The first-order valence-corrected chi connectivity index (χ1v) is 5.16. The van der Waals surface area contributed by atoms with Gasteiger partial charge in [0.15, 0.2) is 0 Å². The van der Waals surface area contributed by atoms with Gasteiger partial charge in [0.1, 0.15) is 11.5 Å². The molecule has 1 amide bonds. The normalized spacial score (nSPS) is 11.9. The molecule has 1 rings (SSSR count). The molecular weight excluding hydrogens is 222 g/mol. The number of hydrogen-bond donors (Lipinski definition) is 2. The first-order valence-electron chi connectivity index (χ1n) is 5.16. The summed E-state index contributed by atoms with van der Waals surface area (Å²) < 4.78 is 5.27. The van der Waals surface area contributed by atoms with Crippen molar-refractivity contribution >= 4 is 11.9 Å². The number of furan rings is 1. The van der Waals surface area contributed by atoms with Crippen LogP contribution in [-0.4, -0.2) is 17.0 Å². The smallest absolute Gasteiger partial charge is 0.331 e. The zero-order chi connectivity index (χ0) is 13.0. The fourth-order valence-corrected chi connectivity index (χ4v) is 1.21. The standard InChI is InChI=1S/C12H15NO4/c1-7-4-5-10(17-7)6-13-11(14)8(2)9(3)12(15)16/h4-5H,6H2,1-3H3,(H,13,14)(H,15,16)/b9-8-. The fraction of sp³-hybridized carbons (Fsp3) is 0.333. The van der Waals surface area contributed by atoms with Crippen molar-refractivity contribution in [1.29, 1.82) is 0 Å². The van der Waals surface area contributed by atoms with Gasteiger partial charge in [0.25, 0.3) is 0 Å². The summed E-state index contributed by atoms with van der Waals surface area (Å²) in [5.74, 6) is -0.0923. The van der Waals surface area contributed by atoms with Crippen LogP contribution in [0.5, 0.6) is 0 Å². The maximum Gasteiger partial charge on any atom is 0.331 e. The molecule has 0 aliphatic rings. The Labute approximate surface area is 99.1 Å². The molecule has 0 bridgehead atoms. The molecule has 2 N–H and O–H groups in total. The maximum absolute atomic E-state index is 11.6. The molecule has 1 heterocycles. The van der Waals surface area contributed by atoms with Crippen LogP contribution in [0.1, 0.15) is 25.4 Å². The molecule has 0 atom stereocenters. The van der Waals surface area contributed by atoms with Gasteiger partial charge >= 0.3 is 5.97 Å². The SMILES string of the molecule is C/C(C(=O)O)=C(\C)C(=O)NCc1ccc(C)o1. The number of aliphatic carboxylic acids is 1. The van der Waals surface area contributed by atoms with Crippen LogP contribution < -0.4 is 5.32 Å². The average Bonchev–Trinajstić information content (AvgIpc) is 2.69. The number of carbonyl (C=O) groups is 2. The molecule has 0 aliphatic carbocycles. The lowest BCUT2D eigenvalue weighted by atomic mass is 10.1. The molecule has 1 aromatic rings. The number of aryl methyl sites for hydroxylation is 1. The lowest BCUT2D eigenvalue weighted by molar-refractivity contribution is -0.133. The monoisotopic (exact) mass is 237 g/mol. The Morgan fingerprint density at radius 2 is 1.94 bits per heavy atom. The van der Waals surface area contributed by atoms with Gasteiger partial charge in [0, 0.05) is 11.1 Å². The Hall–Kier alpha value is -2.04. The van der Waals surface area contributed by atoms with Gasteiger partial charge < -0.3 is 14.8 Å². The molecule has 0 aliphatic heterocycles. The zero-order valence-electron chi connectivity index (χ0n) is 10.0. The van der Waals surface area contributed by atoms with Crippen LogP contribution in [0.2, 0.25) is 0 Å². The molecule has 5 nitrogen and oxygen atoms in total. The highest BCUT2D eigenvalue weighted by molar-refractivity contribution is 6.01. The topological polar surface area (TPSA) is 79.5 Å².